The van der Waals surface area contributed by atoms with E-state index in [0.717, 1.165) is 0 Å². The molecule has 4 rings (SSSR count). The quantitative estimate of drug-likeness (QED) is 0.568. The van der Waals surface area contributed by atoms with E-state index in [2.05, 4.69) is 19.9 Å². The standard InChI is InChI=1S/C17H18N6O6/c1-9(24)27-5-11-14(28-10(2)25)13(26)17(29-11)23-8-21-12-15(19-6-20-16(12)23)22-4-3-18-7-22/h3-4,6-8,11,13-14,17,26H,5H2,1-2H3/t11-,13-,14-,17-/m1/s1. The number of esters is 2. The Bertz CT molecular complexity index is 1030. The normalized spacial score (nSPS) is 24.0. The first kappa shape index (κ1) is 19.0. The number of ether oxygens (including phenoxy) is 3. The van der Waals surface area contributed by atoms with Crippen molar-refractivity contribution >= 4 is 23.1 Å². The summed E-state index contributed by atoms with van der Waals surface area (Å²) in [7, 11) is 0. The second-order valence-electron chi connectivity index (χ2n) is 6.42. The van der Waals surface area contributed by atoms with E-state index < -0.39 is 36.5 Å². The molecule has 1 aliphatic heterocycles. The van der Waals surface area contributed by atoms with Gasteiger partial charge in [0, 0.05) is 26.2 Å². The number of rotatable bonds is 5. The molecule has 0 bridgehead atoms. The smallest absolute Gasteiger partial charge is 0.303 e. The minimum Gasteiger partial charge on any atom is -0.463 e. The summed E-state index contributed by atoms with van der Waals surface area (Å²) in [5, 5.41) is 10.8. The fourth-order valence-corrected chi connectivity index (χ4v) is 3.22. The van der Waals surface area contributed by atoms with Gasteiger partial charge in [0.15, 0.2) is 29.3 Å². The summed E-state index contributed by atoms with van der Waals surface area (Å²) < 4.78 is 19.2. The molecule has 1 saturated heterocycles. The Morgan fingerprint density at radius 1 is 1.21 bits per heavy atom. The van der Waals surface area contributed by atoms with Crippen LogP contribution in [0.3, 0.4) is 0 Å². The predicted molar refractivity (Wildman–Crippen MR) is 94.5 cm³/mol. The lowest BCUT2D eigenvalue weighted by atomic mass is 10.1. The van der Waals surface area contributed by atoms with Crippen molar-refractivity contribution in [1.29, 1.82) is 0 Å². The zero-order chi connectivity index (χ0) is 20.5. The zero-order valence-corrected chi connectivity index (χ0v) is 15.6. The molecule has 3 aromatic heterocycles. The Morgan fingerprint density at radius 2 is 2.03 bits per heavy atom. The highest BCUT2D eigenvalue weighted by molar-refractivity contribution is 5.78. The van der Waals surface area contributed by atoms with Crippen molar-refractivity contribution in [3.8, 4) is 5.82 Å². The maximum atomic E-state index is 11.5. The van der Waals surface area contributed by atoms with Crippen LogP contribution >= 0.6 is 0 Å². The van der Waals surface area contributed by atoms with Crippen molar-refractivity contribution in [3.63, 3.8) is 0 Å². The molecular formula is C17H18N6O6. The highest BCUT2D eigenvalue weighted by Crippen LogP contribution is 2.34. The number of carbonyl (C=O) groups excluding carboxylic acids is 2. The van der Waals surface area contributed by atoms with E-state index in [1.165, 1.54) is 31.1 Å². The van der Waals surface area contributed by atoms with Crippen molar-refractivity contribution in [2.75, 3.05) is 6.61 Å². The molecule has 0 spiro atoms. The number of aliphatic hydroxyl groups is 1. The molecule has 1 aliphatic rings. The number of imidazole rings is 2. The first-order valence-corrected chi connectivity index (χ1v) is 8.75. The molecule has 4 heterocycles. The molecule has 0 aromatic carbocycles. The number of nitrogens with zero attached hydrogens (tertiary/aromatic N) is 6. The second-order valence-corrected chi connectivity index (χ2v) is 6.42. The Balaban J connectivity index is 1.68. The van der Waals surface area contributed by atoms with Gasteiger partial charge in [-0.1, -0.05) is 0 Å². The van der Waals surface area contributed by atoms with Crippen molar-refractivity contribution in [2.45, 2.75) is 38.4 Å². The van der Waals surface area contributed by atoms with Gasteiger partial charge in [-0.05, 0) is 0 Å². The van der Waals surface area contributed by atoms with Gasteiger partial charge in [0.25, 0.3) is 0 Å². The lowest BCUT2D eigenvalue weighted by molar-refractivity contribution is -0.157. The van der Waals surface area contributed by atoms with Crippen LogP contribution < -0.4 is 0 Å². The van der Waals surface area contributed by atoms with Crippen LogP contribution in [0.2, 0.25) is 0 Å². The molecule has 152 valence electrons. The SMILES string of the molecule is CC(=O)OC[C@H]1O[C@@H](n2cnc3c(-n4ccnc4)ncnc32)[C@H](O)[C@@H]1OC(C)=O. The molecule has 12 heteroatoms. The Labute approximate surface area is 164 Å². The van der Waals surface area contributed by atoms with Gasteiger partial charge in [0.05, 0.1) is 6.33 Å². The van der Waals surface area contributed by atoms with E-state index >= 15 is 0 Å². The maximum absolute atomic E-state index is 11.5. The van der Waals surface area contributed by atoms with Crippen LogP contribution in [0.1, 0.15) is 20.1 Å². The predicted octanol–water partition coefficient (Wildman–Crippen LogP) is -0.235. The fraction of sp³-hybridized carbons (Fsp3) is 0.412. The number of carbonyl (C=O) groups is 2. The van der Waals surface area contributed by atoms with Crippen molar-refractivity contribution in [2.24, 2.45) is 0 Å². The molecule has 1 N–H and O–H groups in total. The third-order valence-electron chi connectivity index (χ3n) is 4.42. The summed E-state index contributed by atoms with van der Waals surface area (Å²) in [5.41, 5.74) is 0.872. The number of hydrogen-bond donors (Lipinski definition) is 1. The largest absolute Gasteiger partial charge is 0.463 e. The Morgan fingerprint density at radius 3 is 2.72 bits per heavy atom. The zero-order valence-electron chi connectivity index (χ0n) is 15.6. The highest BCUT2D eigenvalue weighted by Gasteiger charge is 2.48. The molecule has 0 aliphatic carbocycles. The van der Waals surface area contributed by atoms with Gasteiger partial charge in [0.2, 0.25) is 0 Å². The summed E-state index contributed by atoms with van der Waals surface area (Å²) in [6, 6.07) is 0. The molecule has 0 radical (unpaired) electrons. The van der Waals surface area contributed by atoms with Crippen LogP contribution in [0.25, 0.3) is 17.0 Å². The summed E-state index contributed by atoms with van der Waals surface area (Å²) in [6.45, 7) is 2.30. The molecule has 4 atom stereocenters. The van der Waals surface area contributed by atoms with Crippen LogP contribution in [0.5, 0.6) is 0 Å². The van der Waals surface area contributed by atoms with Crippen LogP contribution in [0.4, 0.5) is 0 Å². The van der Waals surface area contributed by atoms with Crippen LogP contribution in [-0.4, -0.2) is 71.0 Å². The van der Waals surface area contributed by atoms with Gasteiger partial charge >= 0.3 is 11.9 Å². The van der Waals surface area contributed by atoms with E-state index in [0.29, 0.717) is 17.0 Å². The van der Waals surface area contributed by atoms with Crippen molar-refractivity contribution in [1.82, 2.24) is 29.1 Å². The molecule has 0 unspecified atom stereocenters. The number of fused-ring (bicyclic) bond motifs is 1. The number of aliphatic hydroxyl groups excluding tert-OH is 1. The summed E-state index contributed by atoms with van der Waals surface area (Å²) in [4.78, 5) is 39.4. The summed E-state index contributed by atoms with van der Waals surface area (Å²) >= 11 is 0. The first-order chi connectivity index (χ1) is 14.0. The Kier molecular flexibility index (Phi) is 4.94. The van der Waals surface area contributed by atoms with Crippen LogP contribution in [0, 0.1) is 0 Å². The summed E-state index contributed by atoms with van der Waals surface area (Å²) in [6.07, 6.45) is 3.64. The summed E-state index contributed by atoms with van der Waals surface area (Å²) in [5.74, 6) is -0.600. The van der Waals surface area contributed by atoms with Crippen molar-refractivity contribution in [3.05, 3.63) is 31.4 Å². The lowest BCUT2D eigenvalue weighted by Gasteiger charge is -2.19. The third-order valence-corrected chi connectivity index (χ3v) is 4.42. The van der Waals surface area contributed by atoms with Gasteiger partial charge in [0.1, 0.15) is 31.5 Å². The third kappa shape index (κ3) is 3.54. The van der Waals surface area contributed by atoms with Gasteiger partial charge in [-0.15, -0.1) is 0 Å². The lowest BCUT2D eigenvalue weighted by Crippen LogP contribution is -2.38. The first-order valence-electron chi connectivity index (χ1n) is 8.75. The van der Waals surface area contributed by atoms with E-state index in [9.17, 15) is 14.7 Å². The minimum atomic E-state index is -1.23. The van der Waals surface area contributed by atoms with Crippen LogP contribution in [-0.2, 0) is 23.8 Å². The average molecular weight is 402 g/mol. The fourth-order valence-electron chi connectivity index (χ4n) is 3.22. The number of aromatic nitrogens is 6. The molecule has 1 fully saturated rings. The van der Waals surface area contributed by atoms with E-state index in [4.69, 9.17) is 14.2 Å². The van der Waals surface area contributed by atoms with Gasteiger partial charge in [-0.25, -0.2) is 19.9 Å². The Hall–Kier alpha value is -3.38. The topological polar surface area (TPSA) is 143 Å². The van der Waals surface area contributed by atoms with Crippen LogP contribution in [0.15, 0.2) is 31.4 Å². The molecule has 29 heavy (non-hydrogen) atoms. The van der Waals surface area contributed by atoms with E-state index in [-0.39, 0.29) is 6.61 Å². The van der Waals surface area contributed by atoms with Gasteiger partial charge < -0.3 is 19.3 Å². The highest BCUT2D eigenvalue weighted by atomic mass is 16.6. The molecule has 12 nitrogen and oxygen atoms in total. The average Bonchev–Trinajstić information content (AvgIpc) is 3.40. The van der Waals surface area contributed by atoms with E-state index in [1.54, 1.807) is 23.3 Å². The van der Waals surface area contributed by atoms with Gasteiger partial charge in [-0.2, -0.15) is 0 Å². The second kappa shape index (κ2) is 7.56. The molecule has 0 amide bonds. The minimum absolute atomic E-state index is 0.178. The van der Waals surface area contributed by atoms with Gasteiger partial charge in [-0.3, -0.25) is 18.7 Å². The van der Waals surface area contributed by atoms with Crippen molar-refractivity contribution < 1.29 is 28.9 Å². The molecule has 3 aromatic rings. The molecule has 0 saturated carbocycles. The maximum Gasteiger partial charge on any atom is 0.303 e. The van der Waals surface area contributed by atoms with E-state index in [1.807, 2.05) is 0 Å². The monoisotopic (exact) mass is 402 g/mol. The number of hydrogen-bond acceptors (Lipinski definition) is 10. The molecular weight excluding hydrogens is 384 g/mol.